The molecular weight excluding hydrogens is 128 g/mol. The molecule has 3 nitrogen and oxygen atoms in total. The van der Waals surface area contributed by atoms with Gasteiger partial charge in [0.2, 0.25) is 5.91 Å². The molecule has 0 spiro atoms. The molecule has 0 aliphatic carbocycles. The van der Waals surface area contributed by atoms with Crippen molar-refractivity contribution in [2.45, 2.75) is 33.9 Å². The molecule has 1 unspecified atom stereocenters. The summed E-state index contributed by atoms with van der Waals surface area (Å²) in [6, 6.07) is 0. The summed E-state index contributed by atoms with van der Waals surface area (Å²) in [6.07, 6.45) is -0.383. The predicted octanol–water partition coefficient (Wildman–Crippen LogP) is 0.468. The molecule has 0 saturated heterocycles. The molecule has 0 bridgehead atoms. The van der Waals surface area contributed by atoms with Gasteiger partial charge in [0.05, 0.1) is 6.17 Å². The van der Waals surface area contributed by atoms with Gasteiger partial charge in [0, 0.05) is 5.41 Å². The summed E-state index contributed by atoms with van der Waals surface area (Å²) in [4.78, 5) is 11.0. The fourth-order valence-corrected chi connectivity index (χ4v) is 0.379. The molecule has 1 atom stereocenters. The lowest BCUT2D eigenvalue weighted by atomic mass is 9.96. The van der Waals surface area contributed by atoms with E-state index in [2.05, 4.69) is 5.32 Å². The van der Waals surface area contributed by atoms with Crippen LogP contribution in [0.2, 0.25) is 0 Å². The molecule has 1 amide bonds. The van der Waals surface area contributed by atoms with Gasteiger partial charge in [0.1, 0.15) is 0 Å². The van der Waals surface area contributed by atoms with Crippen LogP contribution in [0, 0.1) is 5.41 Å². The largest absolute Gasteiger partial charge is 0.310 e. The highest BCUT2D eigenvalue weighted by molar-refractivity contribution is 5.81. The minimum Gasteiger partial charge on any atom is -0.310 e. The lowest BCUT2D eigenvalue weighted by molar-refractivity contribution is -0.129. The molecule has 0 aromatic rings. The summed E-state index contributed by atoms with van der Waals surface area (Å²) >= 11 is 0. The second-order valence-electron chi connectivity index (χ2n) is 3.42. The number of hydrogen-bond acceptors (Lipinski definition) is 2. The molecular formula is C7H15N2O. The Labute approximate surface area is 62.0 Å². The van der Waals surface area contributed by atoms with Crippen LogP contribution in [-0.2, 0) is 4.79 Å². The van der Waals surface area contributed by atoms with Crippen LogP contribution in [0.5, 0.6) is 0 Å². The van der Waals surface area contributed by atoms with Crippen molar-refractivity contribution in [3.05, 3.63) is 0 Å². The van der Waals surface area contributed by atoms with Gasteiger partial charge in [-0.05, 0) is 6.92 Å². The molecule has 0 aliphatic rings. The summed E-state index contributed by atoms with van der Waals surface area (Å²) in [5.41, 5.74) is 4.91. The second-order valence-corrected chi connectivity index (χ2v) is 3.42. The first-order valence-electron chi connectivity index (χ1n) is 3.35. The standard InChI is InChI=1S/C7H15N2O/c1-5(8)9-6(10)7(2,3)4/h5H,8H2,1-4H3. The molecule has 1 radical (unpaired) electrons. The Morgan fingerprint density at radius 1 is 1.50 bits per heavy atom. The number of hydrogen-bond donors (Lipinski definition) is 1. The molecule has 0 rings (SSSR count). The number of rotatable bonds is 1. The van der Waals surface area contributed by atoms with Crippen molar-refractivity contribution in [3.8, 4) is 0 Å². The van der Waals surface area contributed by atoms with Crippen molar-refractivity contribution in [2.24, 2.45) is 11.1 Å². The van der Waals surface area contributed by atoms with Gasteiger partial charge in [-0.15, -0.1) is 0 Å². The molecule has 2 N–H and O–H groups in total. The molecule has 0 aliphatic heterocycles. The van der Waals surface area contributed by atoms with Gasteiger partial charge in [-0.3, -0.25) is 4.79 Å². The van der Waals surface area contributed by atoms with Crippen molar-refractivity contribution < 1.29 is 4.79 Å². The quantitative estimate of drug-likeness (QED) is 0.580. The SMILES string of the molecule is CC(N)[N]C(=O)C(C)(C)C. The fraction of sp³-hybridized carbons (Fsp3) is 0.857. The van der Waals surface area contributed by atoms with E-state index in [1.807, 2.05) is 20.8 Å². The average Bonchev–Trinajstić information content (AvgIpc) is 1.60. The molecule has 0 saturated carbocycles. The van der Waals surface area contributed by atoms with E-state index in [1.165, 1.54) is 0 Å². The van der Waals surface area contributed by atoms with E-state index < -0.39 is 5.41 Å². The first-order chi connectivity index (χ1) is 4.34. The highest BCUT2D eigenvalue weighted by Gasteiger charge is 2.22. The van der Waals surface area contributed by atoms with E-state index in [4.69, 9.17) is 5.73 Å². The van der Waals surface area contributed by atoms with Crippen LogP contribution in [0.25, 0.3) is 0 Å². The Bertz CT molecular complexity index is 124. The Morgan fingerprint density at radius 2 is 1.90 bits per heavy atom. The molecule has 0 aromatic heterocycles. The molecule has 0 heterocycles. The summed E-state index contributed by atoms with van der Waals surface area (Å²) in [5.74, 6) is -0.137. The molecule has 10 heavy (non-hydrogen) atoms. The van der Waals surface area contributed by atoms with Crippen molar-refractivity contribution >= 4 is 5.91 Å². The minimum atomic E-state index is -0.395. The number of carbonyl (C=O) groups is 1. The highest BCUT2D eigenvalue weighted by Crippen LogP contribution is 2.12. The van der Waals surface area contributed by atoms with Crippen LogP contribution < -0.4 is 11.1 Å². The van der Waals surface area contributed by atoms with Gasteiger partial charge in [-0.2, -0.15) is 0 Å². The second kappa shape index (κ2) is 3.01. The molecule has 0 aromatic carbocycles. The third kappa shape index (κ3) is 3.45. The molecule has 59 valence electrons. The van der Waals surface area contributed by atoms with E-state index in [0.717, 1.165) is 0 Å². The Hall–Kier alpha value is -0.570. The van der Waals surface area contributed by atoms with E-state index >= 15 is 0 Å². The van der Waals surface area contributed by atoms with Crippen molar-refractivity contribution in [1.29, 1.82) is 0 Å². The smallest absolute Gasteiger partial charge is 0.248 e. The van der Waals surface area contributed by atoms with Crippen LogP contribution in [0.1, 0.15) is 27.7 Å². The van der Waals surface area contributed by atoms with Crippen LogP contribution in [0.4, 0.5) is 0 Å². The van der Waals surface area contributed by atoms with Gasteiger partial charge in [-0.25, -0.2) is 5.32 Å². The van der Waals surface area contributed by atoms with Crippen molar-refractivity contribution in [1.82, 2.24) is 5.32 Å². The lowest BCUT2D eigenvalue weighted by Gasteiger charge is -2.16. The summed E-state index contributed by atoms with van der Waals surface area (Å²) in [7, 11) is 0. The fourth-order valence-electron chi connectivity index (χ4n) is 0.379. The minimum absolute atomic E-state index is 0.137. The number of carbonyl (C=O) groups excluding carboxylic acids is 1. The maximum Gasteiger partial charge on any atom is 0.248 e. The lowest BCUT2D eigenvalue weighted by Crippen LogP contribution is -2.38. The van der Waals surface area contributed by atoms with Gasteiger partial charge >= 0.3 is 0 Å². The molecule has 3 heteroatoms. The Kier molecular flexibility index (Phi) is 2.84. The normalized spacial score (nSPS) is 14.5. The highest BCUT2D eigenvalue weighted by atomic mass is 16.2. The van der Waals surface area contributed by atoms with Crippen LogP contribution in [0.15, 0.2) is 0 Å². The van der Waals surface area contributed by atoms with Crippen LogP contribution in [0.3, 0.4) is 0 Å². The Morgan fingerprint density at radius 3 is 2.00 bits per heavy atom. The van der Waals surface area contributed by atoms with E-state index in [9.17, 15) is 4.79 Å². The van der Waals surface area contributed by atoms with E-state index in [1.54, 1.807) is 6.92 Å². The molecule has 0 fully saturated rings. The summed E-state index contributed by atoms with van der Waals surface area (Å²) in [5, 5.41) is 3.69. The topological polar surface area (TPSA) is 57.2 Å². The van der Waals surface area contributed by atoms with Gasteiger partial charge in [0.15, 0.2) is 0 Å². The van der Waals surface area contributed by atoms with E-state index in [0.29, 0.717) is 0 Å². The van der Waals surface area contributed by atoms with Crippen LogP contribution >= 0.6 is 0 Å². The zero-order chi connectivity index (χ0) is 8.36. The van der Waals surface area contributed by atoms with Gasteiger partial charge in [0.25, 0.3) is 0 Å². The zero-order valence-electron chi connectivity index (χ0n) is 7.01. The number of nitrogens with zero attached hydrogens (tertiary/aromatic N) is 1. The number of nitrogens with two attached hydrogens (primary N) is 1. The van der Waals surface area contributed by atoms with Crippen molar-refractivity contribution in [2.75, 3.05) is 0 Å². The monoisotopic (exact) mass is 143 g/mol. The summed E-state index contributed by atoms with van der Waals surface area (Å²) in [6.45, 7) is 7.15. The third-order valence-corrected chi connectivity index (χ3v) is 0.962. The Balaban J connectivity index is 3.87. The summed E-state index contributed by atoms with van der Waals surface area (Å²) < 4.78 is 0. The maximum atomic E-state index is 11.0. The first kappa shape index (κ1) is 9.43. The third-order valence-electron chi connectivity index (χ3n) is 0.962. The first-order valence-corrected chi connectivity index (χ1v) is 3.35. The van der Waals surface area contributed by atoms with Crippen LogP contribution in [-0.4, -0.2) is 12.1 Å². The maximum absolute atomic E-state index is 11.0. The predicted molar refractivity (Wildman–Crippen MR) is 40.2 cm³/mol. The van der Waals surface area contributed by atoms with Gasteiger partial charge < -0.3 is 5.73 Å². The average molecular weight is 143 g/mol. The van der Waals surface area contributed by atoms with Gasteiger partial charge in [-0.1, -0.05) is 20.8 Å². The van der Waals surface area contributed by atoms with Crippen molar-refractivity contribution in [3.63, 3.8) is 0 Å². The number of amides is 1. The zero-order valence-corrected chi connectivity index (χ0v) is 7.01. The van der Waals surface area contributed by atoms with E-state index in [-0.39, 0.29) is 12.1 Å².